The molecule has 0 aromatic heterocycles. The van der Waals surface area contributed by atoms with Crippen molar-refractivity contribution in [2.45, 2.75) is 25.3 Å². The number of nitrogens with two attached hydrogens (primary N) is 2. The molecule has 0 saturated carbocycles. The van der Waals surface area contributed by atoms with Gasteiger partial charge in [-0.1, -0.05) is 13.8 Å². The molecule has 0 aliphatic carbocycles. The van der Waals surface area contributed by atoms with Gasteiger partial charge >= 0.3 is 0 Å². The van der Waals surface area contributed by atoms with Gasteiger partial charge < -0.3 is 9.47 Å². The molecule has 0 aromatic carbocycles. The summed E-state index contributed by atoms with van der Waals surface area (Å²) in [5.41, 5.74) is 10.6. The molecule has 2 fully saturated rings. The molecule has 0 aromatic rings. The molecular formula is C8H16N2O2. The normalized spacial score (nSPS) is 59.0. The molecule has 0 unspecified atom stereocenters. The molecule has 0 radical (unpaired) electrons. The van der Waals surface area contributed by atoms with Gasteiger partial charge in [-0.3, -0.25) is 11.5 Å². The van der Waals surface area contributed by atoms with Gasteiger partial charge in [-0.25, -0.2) is 0 Å². The summed E-state index contributed by atoms with van der Waals surface area (Å²) in [7, 11) is 0. The van der Waals surface area contributed by atoms with Crippen LogP contribution in [-0.2, 0) is 9.47 Å². The maximum atomic E-state index is 6.06. The second-order valence-corrected chi connectivity index (χ2v) is 4.01. The fraction of sp³-hybridized carbons (Fsp3) is 1.00. The Morgan fingerprint density at radius 1 is 1.00 bits per heavy atom. The Balaban J connectivity index is 2.37. The van der Waals surface area contributed by atoms with Crippen LogP contribution in [-0.4, -0.2) is 24.7 Å². The first-order valence-electron chi connectivity index (χ1n) is 4.36. The van der Waals surface area contributed by atoms with Gasteiger partial charge in [0.2, 0.25) is 0 Å². The number of hydrogen-bond donors (Lipinski definition) is 2. The molecule has 0 spiro atoms. The van der Waals surface area contributed by atoms with E-state index < -0.39 is 11.4 Å². The Morgan fingerprint density at radius 3 is 1.67 bits per heavy atom. The molecule has 12 heavy (non-hydrogen) atoms. The van der Waals surface area contributed by atoms with Crippen molar-refractivity contribution >= 4 is 0 Å². The summed E-state index contributed by atoms with van der Waals surface area (Å²) in [6, 6.07) is 0. The van der Waals surface area contributed by atoms with Crippen LogP contribution in [0.5, 0.6) is 0 Å². The van der Waals surface area contributed by atoms with Crippen LogP contribution in [0.3, 0.4) is 0 Å². The summed E-state index contributed by atoms with van der Waals surface area (Å²) < 4.78 is 11.0. The lowest BCUT2D eigenvalue weighted by molar-refractivity contribution is -0.0967. The van der Waals surface area contributed by atoms with Crippen LogP contribution in [0.4, 0.5) is 0 Å². The monoisotopic (exact) mass is 172 g/mol. The smallest absolute Gasteiger partial charge is 0.164 e. The van der Waals surface area contributed by atoms with Crippen LogP contribution in [0.25, 0.3) is 0 Å². The molecule has 0 amide bonds. The van der Waals surface area contributed by atoms with Crippen molar-refractivity contribution in [2.24, 2.45) is 23.3 Å². The summed E-state index contributed by atoms with van der Waals surface area (Å²) in [6.07, 6.45) is 0. The van der Waals surface area contributed by atoms with Gasteiger partial charge in [0.1, 0.15) is 0 Å². The van der Waals surface area contributed by atoms with Gasteiger partial charge in [-0.15, -0.1) is 0 Å². The molecule has 2 heterocycles. The van der Waals surface area contributed by atoms with E-state index >= 15 is 0 Å². The second-order valence-electron chi connectivity index (χ2n) is 4.01. The van der Waals surface area contributed by atoms with E-state index in [1.165, 1.54) is 0 Å². The summed E-state index contributed by atoms with van der Waals surface area (Å²) >= 11 is 0. The molecule has 0 bridgehead atoms. The molecule has 2 aliphatic rings. The van der Waals surface area contributed by atoms with Crippen molar-refractivity contribution in [1.29, 1.82) is 0 Å². The van der Waals surface area contributed by atoms with Gasteiger partial charge in [-0.05, 0) is 0 Å². The Kier molecular flexibility index (Phi) is 1.55. The number of hydrogen-bond acceptors (Lipinski definition) is 4. The number of ether oxygens (including phenoxy) is 2. The molecule has 2 aliphatic heterocycles. The third kappa shape index (κ3) is 0.713. The topological polar surface area (TPSA) is 70.5 Å². The van der Waals surface area contributed by atoms with Crippen molar-refractivity contribution in [2.75, 3.05) is 13.2 Å². The average Bonchev–Trinajstić information content (AvgIpc) is 2.39. The first-order valence-corrected chi connectivity index (χ1v) is 4.36. The fourth-order valence-electron chi connectivity index (χ4n) is 2.05. The summed E-state index contributed by atoms with van der Waals surface area (Å²) in [5.74, 6) is 0.347. The van der Waals surface area contributed by atoms with Crippen LogP contribution in [0.15, 0.2) is 0 Å². The Labute approximate surface area is 72.2 Å². The second kappa shape index (κ2) is 2.20. The van der Waals surface area contributed by atoms with E-state index in [2.05, 4.69) is 0 Å². The Morgan fingerprint density at radius 2 is 1.33 bits per heavy atom. The van der Waals surface area contributed by atoms with Crippen LogP contribution in [0.2, 0.25) is 0 Å². The predicted molar refractivity (Wildman–Crippen MR) is 44.1 cm³/mol. The summed E-state index contributed by atoms with van der Waals surface area (Å²) in [5, 5.41) is 0. The van der Waals surface area contributed by atoms with Gasteiger partial charge in [0.25, 0.3) is 0 Å². The predicted octanol–water partition coefficient (Wildman–Crippen LogP) is -0.371. The molecule has 2 rings (SSSR count). The zero-order valence-electron chi connectivity index (χ0n) is 7.54. The third-order valence-corrected chi connectivity index (χ3v) is 3.22. The highest BCUT2D eigenvalue weighted by Gasteiger charge is 2.64. The molecule has 4 atom stereocenters. The fourth-order valence-corrected chi connectivity index (χ4v) is 2.05. The largest absolute Gasteiger partial charge is 0.355 e. The van der Waals surface area contributed by atoms with Crippen LogP contribution in [0, 0.1) is 11.8 Å². The Bertz CT molecular complexity index is 189. The first-order chi connectivity index (χ1) is 5.51. The zero-order chi connectivity index (χ0) is 8.98. The molecule has 4 heteroatoms. The molecule has 2 saturated heterocycles. The summed E-state index contributed by atoms with van der Waals surface area (Å²) in [6.45, 7) is 5.20. The van der Waals surface area contributed by atoms with E-state index in [9.17, 15) is 0 Å². The van der Waals surface area contributed by atoms with E-state index in [-0.39, 0.29) is 11.8 Å². The molecule has 4 N–H and O–H groups in total. The van der Waals surface area contributed by atoms with Crippen molar-refractivity contribution < 1.29 is 9.47 Å². The minimum atomic E-state index is -0.771. The van der Waals surface area contributed by atoms with Gasteiger partial charge in [0, 0.05) is 11.8 Å². The molecule has 70 valence electrons. The number of rotatable bonds is 0. The minimum Gasteiger partial charge on any atom is -0.355 e. The quantitative estimate of drug-likeness (QED) is 0.523. The van der Waals surface area contributed by atoms with E-state index in [0.29, 0.717) is 13.2 Å². The van der Waals surface area contributed by atoms with Crippen molar-refractivity contribution in [1.82, 2.24) is 0 Å². The van der Waals surface area contributed by atoms with E-state index in [1.54, 1.807) is 0 Å². The maximum Gasteiger partial charge on any atom is 0.164 e. The van der Waals surface area contributed by atoms with Crippen molar-refractivity contribution in [3.8, 4) is 0 Å². The van der Waals surface area contributed by atoms with Crippen LogP contribution in [0.1, 0.15) is 13.8 Å². The average molecular weight is 172 g/mol. The van der Waals surface area contributed by atoms with Crippen molar-refractivity contribution in [3.05, 3.63) is 0 Å². The summed E-state index contributed by atoms with van der Waals surface area (Å²) in [4.78, 5) is 0. The van der Waals surface area contributed by atoms with Crippen LogP contribution < -0.4 is 11.5 Å². The van der Waals surface area contributed by atoms with Gasteiger partial charge in [-0.2, -0.15) is 0 Å². The van der Waals surface area contributed by atoms with E-state index in [1.807, 2.05) is 13.8 Å². The van der Waals surface area contributed by atoms with Gasteiger partial charge in [0.15, 0.2) is 11.4 Å². The Hall–Kier alpha value is -0.160. The standard InChI is InChI=1S/C8H16N2O2/c1-5-3-11-8(10)6(2)4-12-7(5,8)9/h5-6H,3-4,9-10H2,1-2H3/t5-,6+,7-,8-/m1/s1. The lowest BCUT2D eigenvalue weighted by atomic mass is 9.87. The third-order valence-electron chi connectivity index (χ3n) is 3.22. The minimum absolute atomic E-state index is 0.174. The highest BCUT2D eigenvalue weighted by molar-refractivity contribution is 5.08. The van der Waals surface area contributed by atoms with Crippen LogP contribution >= 0.6 is 0 Å². The van der Waals surface area contributed by atoms with Crippen molar-refractivity contribution in [3.63, 3.8) is 0 Å². The highest BCUT2D eigenvalue weighted by Crippen LogP contribution is 2.45. The lowest BCUT2D eigenvalue weighted by Crippen LogP contribution is -2.64. The molecular weight excluding hydrogens is 156 g/mol. The SMILES string of the molecule is C[C@@H]1CO[C@]2(N)[C@@H](C)CO[C@]12N. The lowest BCUT2D eigenvalue weighted by Gasteiger charge is -2.34. The highest BCUT2D eigenvalue weighted by atomic mass is 16.6. The molecule has 4 nitrogen and oxygen atoms in total. The van der Waals surface area contributed by atoms with Gasteiger partial charge in [0.05, 0.1) is 13.2 Å². The zero-order valence-corrected chi connectivity index (χ0v) is 7.54. The first kappa shape index (κ1) is 8.44. The van der Waals surface area contributed by atoms with E-state index in [0.717, 1.165) is 0 Å². The number of fused-ring (bicyclic) bond motifs is 1. The van der Waals surface area contributed by atoms with E-state index in [4.69, 9.17) is 20.9 Å². The maximum absolute atomic E-state index is 6.06.